The molecule has 0 aliphatic rings. The first-order valence-electron chi connectivity index (χ1n) is 7.46. The molecule has 0 saturated carbocycles. The van der Waals surface area contributed by atoms with E-state index in [1.54, 1.807) is 25.1 Å². The fourth-order valence-corrected chi connectivity index (χ4v) is 2.84. The van der Waals surface area contributed by atoms with Crippen molar-refractivity contribution in [2.45, 2.75) is 20.3 Å². The number of primary amides is 1. The largest absolute Gasteiger partial charge is 0.492 e. The highest BCUT2D eigenvalue weighted by Gasteiger charge is 2.11. The molecule has 0 unspecified atom stereocenters. The van der Waals surface area contributed by atoms with E-state index in [0.29, 0.717) is 22.6 Å². The van der Waals surface area contributed by atoms with E-state index in [-0.39, 0.29) is 18.9 Å². The number of carbonyl (C=O) groups excluding carboxylic acids is 2. The molecule has 2 aromatic rings. The van der Waals surface area contributed by atoms with Gasteiger partial charge in [0.25, 0.3) is 0 Å². The number of hydrogen-bond donors (Lipinski definition) is 2. The highest BCUT2D eigenvalue weighted by molar-refractivity contribution is 9.10. The van der Waals surface area contributed by atoms with Crippen LogP contribution in [0.1, 0.15) is 27.9 Å². The molecule has 24 heavy (non-hydrogen) atoms. The number of benzene rings is 2. The first-order valence-corrected chi connectivity index (χ1v) is 8.26. The van der Waals surface area contributed by atoms with Crippen LogP contribution in [0.2, 0.25) is 0 Å². The quantitative estimate of drug-likeness (QED) is 0.790. The molecular weight excluding hydrogens is 372 g/mol. The molecule has 2 amide bonds. The average molecular weight is 391 g/mol. The van der Waals surface area contributed by atoms with E-state index in [1.165, 1.54) is 0 Å². The number of nitrogens with one attached hydrogen (secondary N) is 1. The number of aryl methyl sites for hydroxylation is 1. The van der Waals surface area contributed by atoms with Crippen molar-refractivity contribution in [2.75, 3.05) is 11.9 Å². The third-order valence-corrected chi connectivity index (χ3v) is 4.17. The lowest BCUT2D eigenvalue weighted by Gasteiger charge is -2.12. The highest BCUT2D eigenvalue weighted by atomic mass is 79.9. The van der Waals surface area contributed by atoms with Gasteiger partial charge in [0.2, 0.25) is 11.8 Å². The summed E-state index contributed by atoms with van der Waals surface area (Å²) in [5, 5.41) is 2.78. The van der Waals surface area contributed by atoms with Gasteiger partial charge in [-0.3, -0.25) is 9.59 Å². The van der Waals surface area contributed by atoms with Crippen LogP contribution in [-0.4, -0.2) is 18.4 Å². The van der Waals surface area contributed by atoms with Crippen LogP contribution in [0, 0.1) is 13.8 Å². The van der Waals surface area contributed by atoms with Crippen molar-refractivity contribution in [1.29, 1.82) is 0 Å². The minimum Gasteiger partial charge on any atom is -0.492 e. The van der Waals surface area contributed by atoms with Gasteiger partial charge in [0.05, 0.1) is 17.5 Å². The van der Waals surface area contributed by atoms with Crippen LogP contribution >= 0.6 is 15.9 Å². The Hall–Kier alpha value is -2.34. The number of amides is 2. The van der Waals surface area contributed by atoms with Gasteiger partial charge in [-0.15, -0.1) is 0 Å². The molecule has 0 saturated heterocycles. The third kappa shape index (κ3) is 4.58. The van der Waals surface area contributed by atoms with Crippen LogP contribution in [-0.2, 0) is 4.79 Å². The first-order chi connectivity index (χ1) is 11.4. The van der Waals surface area contributed by atoms with Crippen molar-refractivity contribution in [3.05, 3.63) is 57.6 Å². The Morgan fingerprint density at radius 2 is 1.96 bits per heavy atom. The number of nitrogens with two attached hydrogens (primary N) is 1. The normalized spacial score (nSPS) is 10.3. The molecule has 0 aliphatic heterocycles. The molecule has 6 heteroatoms. The summed E-state index contributed by atoms with van der Waals surface area (Å²) in [6.45, 7) is 3.99. The number of carbonyl (C=O) groups is 2. The average Bonchev–Trinajstić information content (AvgIpc) is 2.51. The maximum atomic E-state index is 12.1. The zero-order chi connectivity index (χ0) is 17.7. The van der Waals surface area contributed by atoms with Crippen LogP contribution in [0.3, 0.4) is 0 Å². The summed E-state index contributed by atoms with van der Waals surface area (Å²) in [6.07, 6.45) is 0.195. The van der Waals surface area contributed by atoms with Gasteiger partial charge in [-0.1, -0.05) is 12.1 Å². The summed E-state index contributed by atoms with van der Waals surface area (Å²) in [7, 11) is 0. The van der Waals surface area contributed by atoms with Gasteiger partial charge in [-0.2, -0.15) is 0 Å². The van der Waals surface area contributed by atoms with Crippen molar-refractivity contribution < 1.29 is 14.3 Å². The molecule has 5 nitrogen and oxygen atoms in total. The zero-order valence-electron chi connectivity index (χ0n) is 13.6. The maximum Gasteiger partial charge on any atom is 0.249 e. The third-order valence-electron chi connectivity index (χ3n) is 3.55. The molecule has 0 heterocycles. The van der Waals surface area contributed by atoms with Gasteiger partial charge in [0.1, 0.15) is 5.75 Å². The van der Waals surface area contributed by atoms with Crippen molar-refractivity contribution in [1.82, 2.24) is 0 Å². The Balaban J connectivity index is 1.92. The van der Waals surface area contributed by atoms with Crippen LogP contribution in [0.15, 0.2) is 40.9 Å². The summed E-state index contributed by atoms with van der Waals surface area (Å²) in [5.41, 5.74) is 8.06. The fourth-order valence-electron chi connectivity index (χ4n) is 2.23. The van der Waals surface area contributed by atoms with Gasteiger partial charge in [-0.05, 0) is 65.2 Å². The summed E-state index contributed by atoms with van der Waals surface area (Å²) in [5.74, 6) is -0.0144. The van der Waals surface area contributed by atoms with Crippen LogP contribution in [0.4, 0.5) is 5.69 Å². The number of anilines is 1. The van der Waals surface area contributed by atoms with E-state index in [4.69, 9.17) is 10.5 Å². The van der Waals surface area contributed by atoms with E-state index in [2.05, 4.69) is 21.2 Å². The van der Waals surface area contributed by atoms with Gasteiger partial charge in [-0.25, -0.2) is 0 Å². The Kier molecular flexibility index (Phi) is 5.98. The fraction of sp³-hybridized carbons (Fsp3) is 0.222. The van der Waals surface area contributed by atoms with Crippen molar-refractivity contribution in [3.8, 4) is 5.75 Å². The van der Waals surface area contributed by atoms with Gasteiger partial charge in [0.15, 0.2) is 0 Å². The lowest BCUT2D eigenvalue weighted by atomic mass is 10.1. The maximum absolute atomic E-state index is 12.1. The molecule has 126 valence electrons. The predicted molar refractivity (Wildman–Crippen MR) is 97.3 cm³/mol. The Morgan fingerprint density at radius 3 is 2.62 bits per heavy atom. The number of halogens is 1. The summed E-state index contributed by atoms with van der Waals surface area (Å²) in [6, 6.07) is 10.8. The van der Waals surface area contributed by atoms with Crippen molar-refractivity contribution >= 4 is 33.4 Å². The highest BCUT2D eigenvalue weighted by Crippen LogP contribution is 2.26. The molecule has 2 aromatic carbocycles. The summed E-state index contributed by atoms with van der Waals surface area (Å²) < 4.78 is 6.47. The van der Waals surface area contributed by atoms with E-state index in [0.717, 1.165) is 10.0 Å². The lowest BCUT2D eigenvalue weighted by Crippen LogP contribution is -2.18. The monoisotopic (exact) mass is 390 g/mol. The molecule has 3 N–H and O–H groups in total. The second-order valence-electron chi connectivity index (χ2n) is 5.42. The molecule has 0 radical (unpaired) electrons. The molecule has 0 fully saturated rings. The minimum absolute atomic E-state index is 0.192. The smallest absolute Gasteiger partial charge is 0.249 e. The van der Waals surface area contributed by atoms with Gasteiger partial charge >= 0.3 is 0 Å². The molecule has 0 aliphatic carbocycles. The Bertz CT molecular complexity index is 775. The van der Waals surface area contributed by atoms with Crippen LogP contribution in [0.5, 0.6) is 5.75 Å². The second kappa shape index (κ2) is 7.97. The van der Waals surface area contributed by atoms with Gasteiger partial charge in [0, 0.05) is 11.3 Å². The van der Waals surface area contributed by atoms with Crippen molar-refractivity contribution in [3.63, 3.8) is 0 Å². The summed E-state index contributed by atoms with van der Waals surface area (Å²) >= 11 is 3.43. The van der Waals surface area contributed by atoms with E-state index in [9.17, 15) is 9.59 Å². The lowest BCUT2D eigenvalue weighted by molar-refractivity contribution is -0.116. The molecule has 0 spiro atoms. The number of rotatable bonds is 6. The topological polar surface area (TPSA) is 81.4 Å². The standard InChI is InChI=1S/C18H19BrN2O3/c1-11-6-7-16(14(19)10-11)24-9-8-17(22)21-15-5-3-4-13(12(15)2)18(20)23/h3-7,10H,8-9H2,1-2H3,(H2,20,23)(H,21,22). The van der Waals surface area contributed by atoms with E-state index < -0.39 is 5.91 Å². The Labute approximate surface area is 149 Å². The summed E-state index contributed by atoms with van der Waals surface area (Å²) in [4.78, 5) is 23.4. The molecule has 0 bridgehead atoms. The first kappa shape index (κ1) is 18.0. The zero-order valence-corrected chi connectivity index (χ0v) is 15.1. The molecule has 0 atom stereocenters. The molecular formula is C18H19BrN2O3. The van der Waals surface area contributed by atoms with Crippen LogP contribution in [0.25, 0.3) is 0 Å². The number of ether oxygens (including phenoxy) is 1. The minimum atomic E-state index is -0.517. The molecule has 0 aromatic heterocycles. The second-order valence-corrected chi connectivity index (χ2v) is 6.28. The van der Waals surface area contributed by atoms with E-state index >= 15 is 0 Å². The van der Waals surface area contributed by atoms with E-state index in [1.807, 2.05) is 25.1 Å². The van der Waals surface area contributed by atoms with Gasteiger partial charge < -0.3 is 15.8 Å². The predicted octanol–water partition coefficient (Wildman–Crippen LogP) is 3.57. The van der Waals surface area contributed by atoms with Crippen molar-refractivity contribution in [2.24, 2.45) is 5.73 Å². The number of hydrogen-bond acceptors (Lipinski definition) is 3. The van der Waals surface area contributed by atoms with Crippen LogP contribution < -0.4 is 15.8 Å². The Morgan fingerprint density at radius 1 is 1.21 bits per heavy atom. The molecule has 2 rings (SSSR count). The SMILES string of the molecule is Cc1ccc(OCCC(=O)Nc2cccc(C(N)=O)c2C)c(Br)c1.